The molecule has 0 aliphatic heterocycles. The van der Waals surface area contributed by atoms with Crippen molar-refractivity contribution in [1.82, 2.24) is 10.2 Å². The topological polar surface area (TPSA) is 32.3 Å². The van der Waals surface area contributed by atoms with Gasteiger partial charge in [0.15, 0.2) is 0 Å². The minimum atomic E-state index is -0.0922. The number of nitrogens with zero attached hydrogens (tertiary/aromatic N) is 1. The average molecular weight is 302 g/mol. The largest absolute Gasteiger partial charge is 0.352 e. The number of rotatable bonds is 6. The number of carbonyl (C=O) groups excluding carboxylic acids is 1. The van der Waals surface area contributed by atoms with Crippen LogP contribution in [-0.4, -0.2) is 29.9 Å². The zero-order valence-corrected chi connectivity index (χ0v) is 14.4. The molecule has 2 rings (SSSR count). The second kappa shape index (κ2) is 7.77. The summed E-state index contributed by atoms with van der Waals surface area (Å²) in [6.45, 7) is 7.21. The molecule has 1 fully saturated rings. The van der Waals surface area contributed by atoms with E-state index in [4.69, 9.17) is 0 Å². The van der Waals surface area contributed by atoms with Crippen molar-refractivity contribution in [2.24, 2.45) is 0 Å². The van der Waals surface area contributed by atoms with Gasteiger partial charge in [0, 0.05) is 12.6 Å². The minimum absolute atomic E-state index is 0.0922. The fourth-order valence-electron chi connectivity index (χ4n) is 3.02. The summed E-state index contributed by atoms with van der Waals surface area (Å²) in [5.74, 6) is 0.719. The smallest absolute Gasteiger partial charge is 0.237 e. The highest BCUT2D eigenvalue weighted by molar-refractivity contribution is 5.81. The van der Waals surface area contributed by atoms with Gasteiger partial charge in [-0.25, -0.2) is 0 Å². The predicted molar refractivity (Wildman–Crippen MR) is 91.9 cm³/mol. The first-order valence-electron chi connectivity index (χ1n) is 8.57. The number of carbonyl (C=O) groups is 1. The van der Waals surface area contributed by atoms with Crippen molar-refractivity contribution in [3.8, 4) is 0 Å². The van der Waals surface area contributed by atoms with Gasteiger partial charge in [-0.2, -0.15) is 0 Å². The summed E-state index contributed by atoms with van der Waals surface area (Å²) in [5, 5.41) is 3.19. The fourth-order valence-corrected chi connectivity index (χ4v) is 3.02. The van der Waals surface area contributed by atoms with E-state index < -0.39 is 0 Å². The van der Waals surface area contributed by atoms with E-state index in [1.165, 1.54) is 24.0 Å². The molecule has 0 saturated heterocycles. The molecule has 1 aromatic carbocycles. The molecule has 3 nitrogen and oxygen atoms in total. The lowest BCUT2D eigenvalue weighted by Gasteiger charge is -2.25. The van der Waals surface area contributed by atoms with Gasteiger partial charge in [-0.3, -0.25) is 9.69 Å². The van der Waals surface area contributed by atoms with E-state index in [2.05, 4.69) is 48.3 Å². The minimum Gasteiger partial charge on any atom is -0.352 e. The summed E-state index contributed by atoms with van der Waals surface area (Å²) in [6, 6.07) is 9.04. The van der Waals surface area contributed by atoms with Crippen molar-refractivity contribution < 1.29 is 4.79 Å². The summed E-state index contributed by atoms with van der Waals surface area (Å²) in [7, 11) is 2.02. The highest BCUT2D eigenvalue weighted by Crippen LogP contribution is 2.18. The molecule has 0 aromatic heterocycles. The Morgan fingerprint density at radius 1 is 1.18 bits per heavy atom. The SMILES string of the molecule is CC(C)c1ccc(CN(C)[C@@H](C)C(=O)NC2CCCC2)cc1. The Bertz CT molecular complexity index is 475. The van der Waals surface area contributed by atoms with Crippen LogP contribution in [-0.2, 0) is 11.3 Å². The molecule has 1 aliphatic carbocycles. The highest BCUT2D eigenvalue weighted by atomic mass is 16.2. The van der Waals surface area contributed by atoms with Crippen molar-refractivity contribution >= 4 is 5.91 Å². The van der Waals surface area contributed by atoms with Crippen molar-refractivity contribution in [2.75, 3.05) is 7.05 Å². The third-order valence-electron chi connectivity index (χ3n) is 4.82. The molecule has 0 unspecified atom stereocenters. The van der Waals surface area contributed by atoms with Crippen LogP contribution >= 0.6 is 0 Å². The van der Waals surface area contributed by atoms with E-state index in [0.29, 0.717) is 12.0 Å². The summed E-state index contributed by atoms with van der Waals surface area (Å²) < 4.78 is 0. The third kappa shape index (κ3) is 4.57. The van der Waals surface area contributed by atoms with Gasteiger partial charge in [0.1, 0.15) is 0 Å². The second-order valence-electron chi connectivity index (χ2n) is 6.98. The number of hydrogen-bond acceptors (Lipinski definition) is 2. The van der Waals surface area contributed by atoms with Crippen LogP contribution in [0.2, 0.25) is 0 Å². The van der Waals surface area contributed by atoms with E-state index in [9.17, 15) is 4.79 Å². The van der Waals surface area contributed by atoms with E-state index >= 15 is 0 Å². The zero-order chi connectivity index (χ0) is 16.1. The van der Waals surface area contributed by atoms with Crippen LogP contribution in [0.5, 0.6) is 0 Å². The molecule has 122 valence electrons. The maximum absolute atomic E-state index is 12.3. The van der Waals surface area contributed by atoms with E-state index in [1.54, 1.807) is 0 Å². The van der Waals surface area contributed by atoms with Crippen molar-refractivity contribution in [3.63, 3.8) is 0 Å². The number of hydrogen-bond donors (Lipinski definition) is 1. The van der Waals surface area contributed by atoms with Crippen molar-refractivity contribution in [2.45, 2.75) is 71.0 Å². The maximum Gasteiger partial charge on any atom is 0.237 e. The average Bonchev–Trinajstić information content (AvgIpc) is 2.99. The van der Waals surface area contributed by atoms with Gasteiger partial charge < -0.3 is 5.32 Å². The van der Waals surface area contributed by atoms with Crippen LogP contribution in [0.4, 0.5) is 0 Å². The lowest BCUT2D eigenvalue weighted by Crippen LogP contribution is -2.46. The van der Waals surface area contributed by atoms with Gasteiger partial charge >= 0.3 is 0 Å². The summed E-state index contributed by atoms with van der Waals surface area (Å²) in [5.41, 5.74) is 2.62. The predicted octanol–water partition coefficient (Wildman–Crippen LogP) is 3.69. The molecule has 1 saturated carbocycles. The molecule has 22 heavy (non-hydrogen) atoms. The first-order valence-corrected chi connectivity index (χ1v) is 8.57. The molecule has 0 bridgehead atoms. The molecule has 1 atom stereocenters. The van der Waals surface area contributed by atoms with Gasteiger partial charge in [-0.1, -0.05) is 51.0 Å². The Kier molecular flexibility index (Phi) is 6.01. The van der Waals surface area contributed by atoms with Crippen LogP contribution in [0.1, 0.15) is 63.5 Å². The number of amides is 1. The molecule has 1 N–H and O–H groups in total. The maximum atomic E-state index is 12.3. The molecule has 1 amide bonds. The van der Waals surface area contributed by atoms with E-state index in [-0.39, 0.29) is 11.9 Å². The van der Waals surface area contributed by atoms with Gasteiger partial charge in [0.2, 0.25) is 5.91 Å². The van der Waals surface area contributed by atoms with Gasteiger partial charge in [0.05, 0.1) is 6.04 Å². The Morgan fingerprint density at radius 3 is 2.32 bits per heavy atom. The Balaban J connectivity index is 1.86. The Morgan fingerprint density at radius 2 is 1.77 bits per heavy atom. The van der Waals surface area contributed by atoms with Gasteiger partial charge in [-0.05, 0) is 43.9 Å². The molecule has 3 heteroatoms. The van der Waals surface area contributed by atoms with Gasteiger partial charge in [0.25, 0.3) is 0 Å². The summed E-state index contributed by atoms with van der Waals surface area (Å²) in [4.78, 5) is 14.4. The third-order valence-corrected chi connectivity index (χ3v) is 4.82. The quantitative estimate of drug-likeness (QED) is 0.869. The van der Waals surface area contributed by atoms with Crippen LogP contribution in [0, 0.1) is 0 Å². The van der Waals surface area contributed by atoms with Crippen molar-refractivity contribution in [3.05, 3.63) is 35.4 Å². The molecule has 0 heterocycles. The lowest BCUT2D eigenvalue weighted by molar-refractivity contribution is -0.126. The monoisotopic (exact) mass is 302 g/mol. The fraction of sp³-hybridized carbons (Fsp3) is 0.632. The Hall–Kier alpha value is -1.35. The van der Waals surface area contributed by atoms with Crippen LogP contribution in [0.15, 0.2) is 24.3 Å². The summed E-state index contributed by atoms with van der Waals surface area (Å²) >= 11 is 0. The summed E-state index contributed by atoms with van der Waals surface area (Å²) in [6.07, 6.45) is 4.77. The van der Waals surface area contributed by atoms with E-state index in [1.807, 2.05) is 14.0 Å². The lowest BCUT2D eigenvalue weighted by atomic mass is 10.0. The highest BCUT2D eigenvalue weighted by Gasteiger charge is 2.23. The standard InChI is InChI=1S/C19H30N2O/c1-14(2)17-11-9-16(10-12-17)13-21(4)15(3)19(22)20-18-7-5-6-8-18/h9-12,14-15,18H,5-8,13H2,1-4H3,(H,20,22)/t15-/m0/s1. The van der Waals surface area contributed by atoms with Crippen LogP contribution in [0.3, 0.4) is 0 Å². The van der Waals surface area contributed by atoms with Crippen LogP contribution < -0.4 is 5.32 Å². The molecular weight excluding hydrogens is 272 g/mol. The number of nitrogens with one attached hydrogen (secondary N) is 1. The first kappa shape index (κ1) is 17.0. The molecule has 0 spiro atoms. The normalized spacial score (nSPS) is 17.2. The van der Waals surface area contributed by atoms with Crippen LogP contribution in [0.25, 0.3) is 0 Å². The molecule has 1 aromatic rings. The first-order chi connectivity index (χ1) is 10.5. The number of benzene rings is 1. The zero-order valence-electron chi connectivity index (χ0n) is 14.4. The second-order valence-corrected chi connectivity index (χ2v) is 6.98. The molecule has 0 radical (unpaired) electrons. The molecule has 1 aliphatic rings. The van der Waals surface area contributed by atoms with Crippen molar-refractivity contribution in [1.29, 1.82) is 0 Å². The molecular formula is C19H30N2O. The van der Waals surface area contributed by atoms with Gasteiger partial charge in [-0.15, -0.1) is 0 Å². The number of likely N-dealkylation sites (N-methyl/N-ethyl adjacent to an activating group) is 1. The Labute approximate surface area is 135 Å². The van der Waals surface area contributed by atoms with E-state index in [0.717, 1.165) is 19.4 Å².